The standard InChI is InChI=1S/C46H84N2O6Si4/c1-55(2,3)53-57(7,8)39-27-23-19-15-11-13-17-21-25-37-51-43-33-29-41(30-34-43)45(49)47-48-46(50)42-31-35-44(36-32-42)52-38-26-22-18-14-12-16-20-24-28-40-58(9,10)54-56(4,5)6/h29-36H,11-28,37-40H2,1-10H3,(H,47,49)(H,48,50). The van der Waals surface area contributed by atoms with Gasteiger partial charge in [0.1, 0.15) is 11.5 Å². The van der Waals surface area contributed by atoms with Gasteiger partial charge in [-0.05, 0) is 139 Å². The number of rotatable bonds is 32. The van der Waals surface area contributed by atoms with Gasteiger partial charge >= 0.3 is 0 Å². The van der Waals surface area contributed by atoms with Gasteiger partial charge in [-0.15, -0.1) is 0 Å². The Kier molecular flexibility index (Phi) is 24.7. The molecule has 330 valence electrons. The molecule has 0 unspecified atom stereocenters. The molecule has 2 N–H and O–H groups in total. The van der Waals surface area contributed by atoms with Gasteiger partial charge in [-0.1, -0.05) is 103 Å². The van der Waals surface area contributed by atoms with Gasteiger partial charge in [0.05, 0.1) is 13.2 Å². The molecule has 2 aromatic carbocycles. The molecule has 58 heavy (non-hydrogen) atoms. The number of ether oxygens (including phenoxy) is 2. The van der Waals surface area contributed by atoms with Crippen molar-refractivity contribution < 1.29 is 27.3 Å². The Morgan fingerprint density at radius 2 is 0.655 bits per heavy atom. The van der Waals surface area contributed by atoms with E-state index in [1.54, 1.807) is 48.5 Å². The third-order valence-electron chi connectivity index (χ3n) is 10.1. The number of amides is 2. The molecule has 0 aliphatic carbocycles. The van der Waals surface area contributed by atoms with E-state index in [1.165, 1.54) is 115 Å². The fourth-order valence-electron chi connectivity index (χ4n) is 7.58. The molecule has 0 spiro atoms. The number of benzene rings is 2. The molecule has 0 bridgehead atoms. The molecule has 0 saturated heterocycles. The average Bonchev–Trinajstić information content (AvgIpc) is 3.13. The van der Waals surface area contributed by atoms with Crippen LogP contribution in [-0.2, 0) is 8.23 Å². The SMILES string of the molecule is C[Si](C)(C)O[Si](C)(C)CCCCCCCCCCCOc1ccc(C(=O)NNC(=O)c2ccc(OCCCCCCCCCCC[Si](C)(C)O[Si](C)(C)C)cc2)cc1. The Morgan fingerprint density at radius 1 is 0.397 bits per heavy atom. The van der Waals surface area contributed by atoms with Crippen LogP contribution < -0.4 is 20.3 Å². The zero-order valence-electron chi connectivity index (χ0n) is 38.6. The normalized spacial score (nSPS) is 12.4. The zero-order chi connectivity index (χ0) is 42.9. The number of hydrazine groups is 1. The third kappa shape index (κ3) is 26.8. The Hall–Kier alpha value is -2.23. The predicted octanol–water partition coefficient (Wildman–Crippen LogP) is 13.7. The van der Waals surface area contributed by atoms with Crippen LogP contribution in [0, 0.1) is 0 Å². The fraction of sp³-hybridized carbons (Fsp3) is 0.696. The molecule has 0 aromatic heterocycles. The number of hydrogen-bond acceptors (Lipinski definition) is 6. The summed E-state index contributed by atoms with van der Waals surface area (Å²) in [4.78, 5) is 25.3. The van der Waals surface area contributed by atoms with Gasteiger partial charge in [-0.25, -0.2) is 0 Å². The number of unbranched alkanes of at least 4 members (excludes halogenated alkanes) is 16. The molecular formula is C46H84N2O6Si4. The van der Waals surface area contributed by atoms with Crippen LogP contribution in [0.5, 0.6) is 11.5 Å². The molecule has 0 aliphatic heterocycles. The minimum absolute atomic E-state index is 0.384. The van der Waals surface area contributed by atoms with Crippen LogP contribution >= 0.6 is 0 Å². The topological polar surface area (TPSA) is 95.1 Å². The van der Waals surface area contributed by atoms with Crippen molar-refractivity contribution in [3.63, 3.8) is 0 Å². The van der Waals surface area contributed by atoms with E-state index in [2.05, 4.69) is 76.3 Å². The second kappa shape index (κ2) is 27.6. The monoisotopic (exact) mass is 873 g/mol. The lowest BCUT2D eigenvalue weighted by Gasteiger charge is -2.31. The zero-order valence-corrected chi connectivity index (χ0v) is 42.6. The van der Waals surface area contributed by atoms with Crippen LogP contribution in [0.1, 0.15) is 136 Å². The number of hydrogen-bond donors (Lipinski definition) is 2. The molecule has 2 aromatic rings. The maximum absolute atomic E-state index is 12.6. The Bertz CT molecular complexity index is 1300. The van der Waals surface area contributed by atoms with Crippen LogP contribution in [-0.4, -0.2) is 58.3 Å². The van der Waals surface area contributed by atoms with E-state index in [9.17, 15) is 9.59 Å². The first-order valence-corrected chi connectivity index (χ1v) is 35.9. The number of carbonyl (C=O) groups is 2. The Morgan fingerprint density at radius 3 is 0.931 bits per heavy atom. The lowest BCUT2D eigenvalue weighted by atomic mass is 10.1. The van der Waals surface area contributed by atoms with Crippen LogP contribution in [0.2, 0.25) is 77.6 Å². The summed E-state index contributed by atoms with van der Waals surface area (Å²) in [6.07, 6.45) is 22.7. The quantitative estimate of drug-likeness (QED) is 0.0432. The first-order chi connectivity index (χ1) is 27.3. The van der Waals surface area contributed by atoms with Gasteiger partial charge < -0.3 is 17.7 Å². The predicted molar refractivity (Wildman–Crippen MR) is 255 cm³/mol. The van der Waals surface area contributed by atoms with Gasteiger partial charge in [0, 0.05) is 11.1 Å². The summed E-state index contributed by atoms with van der Waals surface area (Å²) in [7, 11) is -5.81. The lowest BCUT2D eigenvalue weighted by molar-refractivity contribution is 0.0846. The van der Waals surface area contributed by atoms with E-state index in [1.807, 2.05) is 0 Å². The summed E-state index contributed by atoms with van der Waals surface area (Å²) in [6.45, 7) is 24.7. The van der Waals surface area contributed by atoms with E-state index >= 15 is 0 Å². The molecule has 8 nitrogen and oxygen atoms in total. The molecule has 0 saturated carbocycles. The molecule has 0 atom stereocenters. The average molecular weight is 874 g/mol. The van der Waals surface area contributed by atoms with Crippen molar-refractivity contribution in [3.05, 3.63) is 59.7 Å². The van der Waals surface area contributed by atoms with E-state index < -0.39 is 33.3 Å². The van der Waals surface area contributed by atoms with Crippen LogP contribution in [0.3, 0.4) is 0 Å². The summed E-state index contributed by atoms with van der Waals surface area (Å²) < 4.78 is 24.7. The molecule has 2 amide bonds. The number of carbonyl (C=O) groups excluding carboxylic acids is 2. The minimum Gasteiger partial charge on any atom is -0.494 e. The Labute approximate surface area is 359 Å². The summed E-state index contributed by atoms with van der Waals surface area (Å²) in [6, 6.07) is 16.6. The van der Waals surface area contributed by atoms with E-state index in [0.29, 0.717) is 24.3 Å². The smallest absolute Gasteiger partial charge is 0.269 e. The maximum Gasteiger partial charge on any atom is 0.269 e. The molecule has 0 aliphatic rings. The number of nitrogens with one attached hydrogen (secondary N) is 2. The van der Waals surface area contributed by atoms with Crippen molar-refractivity contribution in [3.8, 4) is 11.5 Å². The highest BCUT2D eigenvalue weighted by Gasteiger charge is 2.29. The second-order valence-electron chi connectivity index (χ2n) is 19.5. The van der Waals surface area contributed by atoms with Crippen molar-refractivity contribution in [2.24, 2.45) is 0 Å². The van der Waals surface area contributed by atoms with Gasteiger partial charge in [0.2, 0.25) is 0 Å². The van der Waals surface area contributed by atoms with E-state index in [-0.39, 0.29) is 11.8 Å². The molecule has 0 heterocycles. The van der Waals surface area contributed by atoms with Crippen molar-refractivity contribution in [2.45, 2.75) is 193 Å². The Balaban J connectivity index is 1.47. The highest BCUT2D eigenvalue weighted by atomic mass is 28.4. The largest absolute Gasteiger partial charge is 0.494 e. The van der Waals surface area contributed by atoms with Gasteiger partial charge in [0.25, 0.3) is 11.8 Å². The van der Waals surface area contributed by atoms with E-state index in [4.69, 9.17) is 17.7 Å². The van der Waals surface area contributed by atoms with Crippen LogP contribution in [0.15, 0.2) is 48.5 Å². The summed E-state index contributed by atoms with van der Waals surface area (Å²) in [5.41, 5.74) is 5.91. The highest BCUT2D eigenvalue weighted by Crippen LogP contribution is 2.24. The summed E-state index contributed by atoms with van der Waals surface area (Å²) in [5.74, 6) is 0.716. The molecule has 0 radical (unpaired) electrons. The third-order valence-corrected chi connectivity index (χ3v) is 22.5. The van der Waals surface area contributed by atoms with Crippen molar-refractivity contribution in [1.82, 2.24) is 10.9 Å². The molecule has 12 heteroatoms. The van der Waals surface area contributed by atoms with Crippen molar-refractivity contribution in [2.75, 3.05) is 13.2 Å². The molecule has 0 fully saturated rings. The molecule has 2 rings (SSSR count). The minimum atomic E-state index is -1.48. The summed E-state index contributed by atoms with van der Waals surface area (Å²) in [5, 5.41) is 0. The maximum atomic E-state index is 12.6. The van der Waals surface area contributed by atoms with Gasteiger partial charge in [-0.2, -0.15) is 0 Å². The van der Waals surface area contributed by atoms with Crippen molar-refractivity contribution >= 4 is 45.1 Å². The summed E-state index contributed by atoms with van der Waals surface area (Å²) >= 11 is 0. The second-order valence-corrected chi connectivity index (χ2v) is 37.6. The fourth-order valence-corrected chi connectivity index (χ4v) is 23.9. The van der Waals surface area contributed by atoms with Crippen molar-refractivity contribution in [1.29, 1.82) is 0 Å². The highest BCUT2D eigenvalue weighted by molar-refractivity contribution is 6.84. The van der Waals surface area contributed by atoms with E-state index in [0.717, 1.165) is 24.3 Å². The lowest BCUT2D eigenvalue weighted by Crippen LogP contribution is -2.42. The van der Waals surface area contributed by atoms with Crippen LogP contribution in [0.4, 0.5) is 0 Å². The molecular weight excluding hydrogens is 789 g/mol. The first kappa shape index (κ1) is 51.9. The van der Waals surface area contributed by atoms with Gasteiger partial charge in [0.15, 0.2) is 33.3 Å². The van der Waals surface area contributed by atoms with Gasteiger partial charge in [-0.3, -0.25) is 20.4 Å². The van der Waals surface area contributed by atoms with Crippen LogP contribution in [0.25, 0.3) is 0 Å². The first-order valence-electron chi connectivity index (χ1n) is 22.8.